The van der Waals surface area contributed by atoms with Crippen molar-refractivity contribution < 1.29 is 14.7 Å². The smallest absolute Gasteiger partial charge is 0.355 e. The van der Waals surface area contributed by atoms with E-state index in [1.165, 1.54) is 48.8 Å². The summed E-state index contributed by atoms with van der Waals surface area (Å²) in [6.07, 6.45) is 6.92. The van der Waals surface area contributed by atoms with Crippen LogP contribution in [0.3, 0.4) is 0 Å². The molecule has 0 bridgehead atoms. The van der Waals surface area contributed by atoms with Crippen LogP contribution in [-0.4, -0.2) is 22.0 Å². The number of carbonyl (C=O) groups excluding carboxylic acids is 1. The predicted molar refractivity (Wildman–Crippen MR) is 81.3 cm³/mol. The van der Waals surface area contributed by atoms with E-state index in [1.807, 2.05) is 0 Å². The molecule has 1 heterocycles. The topological polar surface area (TPSA) is 79.3 Å². The Kier molecular flexibility index (Phi) is 5.73. The number of hydrogen-bond donors (Lipinski definition) is 2. The van der Waals surface area contributed by atoms with Gasteiger partial charge in [-0.05, 0) is 11.8 Å². The molecule has 0 radical (unpaired) electrons. The van der Waals surface area contributed by atoms with Gasteiger partial charge in [0.25, 0.3) is 0 Å². The number of aromatic nitrogens is 1. The van der Waals surface area contributed by atoms with E-state index in [2.05, 4.69) is 17.2 Å². The molecule has 0 saturated heterocycles. The van der Waals surface area contributed by atoms with Crippen LogP contribution in [0.4, 0.5) is 0 Å². The predicted octanol–water partition coefficient (Wildman–Crippen LogP) is 3.06. The molecule has 1 aromatic rings. The lowest BCUT2D eigenvalue weighted by Crippen LogP contribution is -2.27. The summed E-state index contributed by atoms with van der Waals surface area (Å²) in [6, 6.07) is 0. The number of hydrogen-bond acceptors (Lipinski definition) is 4. The van der Waals surface area contributed by atoms with Gasteiger partial charge in [0.05, 0.1) is 6.54 Å². The number of rotatable bonds is 6. The molecular weight excluding hydrogens is 288 g/mol. The number of carboxylic acid groups (broad SMARTS) is 1. The van der Waals surface area contributed by atoms with Gasteiger partial charge in [-0.3, -0.25) is 4.79 Å². The lowest BCUT2D eigenvalue weighted by atomic mass is 9.79. The Morgan fingerprint density at radius 2 is 2.14 bits per heavy atom. The summed E-state index contributed by atoms with van der Waals surface area (Å²) in [5.41, 5.74) is 0.0415. The molecule has 1 aliphatic rings. The number of carbonyl (C=O) groups is 2. The number of nitrogens with one attached hydrogen (secondary N) is 1. The fraction of sp³-hybridized carbons (Fsp3) is 0.667. The zero-order valence-electron chi connectivity index (χ0n) is 12.3. The highest BCUT2D eigenvalue weighted by Gasteiger charge is 2.22. The minimum atomic E-state index is -1.03. The van der Waals surface area contributed by atoms with Crippen molar-refractivity contribution in [2.75, 3.05) is 0 Å². The second kappa shape index (κ2) is 7.54. The lowest BCUT2D eigenvalue weighted by Gasteiger charge is -2.27. The maximum Gasteiger partial charge on any atom is 0.355 e. The van der Waals surface area contributed by atoms with Gasteiger partial charge in [-0.15, -0.1) is 11.3 Å². The monoisotopic (exact) mass is 310 g/mol. The molecule has 116 valence electrons. The largest absolute Gasteiger partial charge is 0.476 e. The van der Waals surface area contributed by atoms with E-state index in [1.54, 1.807) is 0 Å². The molecule has 1 saturated carbocycles. The van der Waals surface area contributed by atoms with E-state index in [9.17, 15) is 9.59 Å². The second-order valence-corrected chi connectivity index (χ2v) is 6.73. The quantitative estimate of drug-likeness (QED) is 0.846. The summed E-state index contributed by atoms with van der Waals surface area (Å²) in [7, 11) is 0. The Morgan fingerprint density at radius 3 is 2.76 bits per heavy atom. The molecule has 2 rings (SSSR count). The van der Waals surface area contributed by atoms with Crippen LogP contribution in [0, 0.1) is 11.8 Å². The second-order valence-electron chi connectivity index (χ2n) is 5.79. The number of aromatic carboxylic acids is 1. The van der Waals surface area contributed by atoms with Crippen LogP contribution in [0.1, 0.15) is 60.9 Å². The number of thiazole rings is 1. The molecule has 21 heavy (non-hydrogen) atoms. The molecule has 0 aromatic carbocycles. The minimum absolute atomic E-state index is 0.0279. The molecule has 0 aliphatic heterocycles. The van der Waals surface area contributed by atoms with Crippen molar-refractivity contribution in [3.05, 3.63) is 16.1 Å². The van der Waals surface area contributed by atoms with Crippen molar-refractivity contribution in [1.82, 2.24) is 10.3 Å². The Morgan fingerprint density at radius 1 is 1.43 bits per heavy atom. The standard InChI is InChI=1S/C15H22N2O3S/c1-10(11-5-3-2-4-6-11)7-13(18)16-8-14-17-12(9-21-14)15(19)20/h9-11H,2-8H2,1H3,(H,16,18)(H,19,20). The summed E-state index contributed by atoms with van der Waals surface area (Å²) >= 11 is 1.26. The first-order valence-electron chi connectivity index (χ1n) is 7.50. The van der Waals surface area contributed by atoms with Gasteiger partial charge in [0, 0.05) is 11.8 Å². The van der Waals surface area contributed by atoms with Crippen LogP contribution in [-0.2, 0) is 11.3 Å². The Hall–Kier alpha value is -1.43. The van der Waals surface area contributed by atoms with Gasteiger partial charge < -0.3 is 10.4 Å². The fourth-order valence-corrected chi connectivity index (χ4v) is 3.61. The Balaban J connectivity index is 1.74. The van der Waals surface area contributed by atoms with Gasteiger partial charge in [0.2, 0.25) is 5.91 Å². The van der Waals surface area contributed by atoms with Crippen molar-refractivity contribution in [3.8, 4) is 0 Å². The van der Waals surface area contributed by atoms with Gasteiger partial charge >= 0.3 is 5.97 Å². The van der Waals surface area contributed by atoms with E-state index in [0.717, 1.165) is 0 Å². The highest BCUT2D eigenvalue weighted by molar-refractivity contribution is 7.09. The molecule has 1 atom stereocenters. The van der Waals surface area contributed by atoms with E-state index in [0.29, 0.717) is 29.8 Å². The van der Waals surface area contributed by atoms with Gasteiger partial charge in [-0.2, -0.15) is 0 Å². The summed E-state index contributed by atoms with van der Waals surface area (Å²) in [4.78, 5) is 26.6. The molecule has 6 heteroatoms. The molecule has 1 aliphatic carbocycles. The van der Waals surface area contributed by atoms with Crippen molar-refractivity contribution in [2.45, 2.75) is 52.0 Å². The zero-order chi connectivity index (χ0) is 15.2. The minimum Gasteiger partial charge on any atom is -0.476 e. The number of carboxylic acids is 1. The normalized spacial score (nSPS) is 17.4. The van der Waals surface area contributed by atoms with E-state index in [-0.39, 0.29) is 11.6 Å². The van der Waals surface area contributed by atoms with Gasteiger partial charge in [-0.1, -0.05) is 39.0 Å². The molecular formula is C15H22N2O3S. The number of amides is 1. The van der Waals surface area contributed by atoms with Crippen LogP contribution in [0.5, 0.6) is 0 Å². The van der Waals surface area contributed by atoms with Crippen LogP contribution in [0.25, 0.3) is 0 Å². The maximum absolute atomic E-state index is 12.0. The highest BCUT2D eigenvalue weighted by atomic mass is 32.1. The Labute approximate surface area is 128 Å². The van der Waals surface area contributed by atoms with Crippen LogP contribution in [0.15, 0.2) is 5.38 Å². The van der Waals surface area contributed by atoms with Crippen LogP contribution >= 0.6 is 11.3 Å². The highest BCUT2D eigenvalue weighted by Crippen LogP contribution is 2.31. The van der Waals surface area contributed by atoms with Crippen molar-refractivity contribution >= 4 is 23.2 Å². The lowest BCUT2D eigenvalue weighted by molar-refractivity contribution is -0.122. The molecule has 1 amide bonds. The average molecular weight is 310 g/mol. The average Bonchev–Trinajstić information content (AvgIpc) is 2.95. The first-order chi connectivity index (χ1) is 10.1. The van der Waals surface area contributed by atoms with Crippen molar-refractivity contribution in [2.24, 2.45) is 11.8 Å². The first-order valence-corrected chi connectivity index (χ1v) is 8.38. The van der Waals surface area contributed by atoms with Crippen molar-refractivity contribution in [1.29, 1.82) is 0 Å². The van der Waals surface area contributed by atoms with Crippen molar-refractivity contribution in [3.63, 3.8) is 0 Å². The van der Waals surface area contributed by atoms with E-state index < -0.39 is 5.97 Å². The third-order valence-electron chi connectivity index (χ3n) is 4.17. The third kappa shape index (κ3) is 4.81. The van der Waals surface area contributed by atoms with E-state index >= 15 is 0 Å². The summed E-state index contributed by atoms with van der Waals surface area (Å²) in [5.74, 6) is 0.0778. The SMILES string of the molecule is CC(CC(=O)NCc1nc(C(=O)O)cs1)C1CCCCC1. The first kappa shape index (κ1) is 15.9. The summed E-state index contributed by atoms with van der Waals surface area (Å²) in [5, 5.41) is 13.8. The maximum atomic E-state index is 12.0. The summed E-state index contributed by atoms with van der Waals surface area (Å²) in [6.45, 7) is 2.47. The molecule has 2 N–H and O–H groups in total. The number of nitrogens with zero attached hydrogens (tertiary/aromatic N) is 1. The van der Waals surface area contributed by atoms with Gasteiger partial charge in [-0.25, -0.2) is 9.78 Å². The molecule has 1 aromatic heterocycles. The molecule has 5 nitrogen and oxygen atoms in total. The molecule has 1 fully saturated rings. The van der Waals surface area contributed by atoms with Crippen LogP contribution < -0.4 is 5.32 Å². The molecule has 1 unspecified atom stereocenters. The van der Waals surface area contributed by atoms with Gasteiger partial charge in [0.1, 0.15) is 5.01 Å². The Bertz CT molecular complexity index is 495. The van der Waals surface area contributed by atoms with Gasteiger partial charge in [0.15, 0.2) is 5.69 Å². The third-order valence-corrected chi connectivity index (χ3v) is 5.02. The zero-order valence-corrected chi connectivity index (χ0v) is 13.1. The molecule has 0 spiro atoms. The fourth-order valence-electron chi connectivity index (χ4n) is 2.90. The van der Waals surface area contributed by atoms with E-state index in [4.69, 9.17) is 5.11 Å². The summed E-state index contributed by atoms with van der Waals surface area (Å²) < 4.78 is 0. The van der Waals surface area contributed by atoms with Crippen LogP contribution in [0.2, 0.25) is 0 Å².